The van der Waals surface area contributed by atoms with Gasteiger partial charge in [-0.05, 0) is 54.5 Å². The van der Waals surface area contributed by atoms with E-state index in [1.807, 2.05) is 24.3 Å². The van der Waals surface area contributed by atoms with E-state index in [4.69, 9.17) is 32.7 Å². The number of unbranched alkanes of at least 4 members (excludes halogenated alkanes) is 1. The van der Waals surface area contributed by atoms with E-state index in [0.29, 0.717) is 22.2 Å². The Kier molecular flexibility index (Phi) is 5.96. The van der Waals surface area contributed by atoms with Crippen molar-refractivity contribution in [1.29, 1.82) is 0 Å². The SMILES string of the molecule is CCCCOc1ccc(C2=NC(=Cc3ccc(Cl)c(Cl)c3)C(=O)O2)cc1. The molecule has 0 bridgehead atoms. The summed E-state index contributed by atoms with van der Waals surface area (Å²) in [5, 5.41) is 0.864. The molecule has 1 aliphatic heterocycles. The number of halogens is 2. The number of hydrogen-bond donors (Lipinski definition) is 0. The molecule has 3 rings (SSSR count). The molecule has 4 nitrogen and oxygen atoms in total. The van der Waals surface area contributed by atoms with Gasteiger partial charge in [-0.2, -0.15) is 0 Å². The maximum atomic E-state index is 12.1. The van der Waals surface area contributed by atoms with Gasteiger partial charge in [0, 0.05) is 5.56 Å². The Morgan fingerprint density at radius 3 is 2.58 bits per heavy atom. The molecule has 0 aliphatic carbocycles. The Hall–Kier alpha value is -2.30. The van der Waals surface area contributed by atoms with Crippen molar-refractivity contribution >= 4 is 41.1 Å². The summed E-state index contributed by atoms with van der Waals surface area (Å²) in [6, 6.07) is 12.4. The molecule has 0 saturated heterocycles. The van der Waals surface area contributed by atoms with E-state index < -0.39 is 5.97 Å². The lowest BCUT2D eigenvalue weighted by atomic mass is 10.2. The molecule has 0 fully saturated rings. The number of carbonyl (C=O) groups excluding carboxylic acids is 1. The molecule has 0 amide bonds. The number of ether oxygens (including phenoxy) is 2. The second kappa shape index (κ2) is 8.39. The van der Waals surface area contributed by atoms with Crippen LogP contribution in [0.3, 0.4) is 0 Å². The van der Waals surface area contributed by atoms with Crippen LogP contribution in [0, 0.1) is 0 Å². The van der Waals surface area contributed by atoms with Crippen molar-refractivity contribution in [3.05, 3.63) is 69.3 Å². The first-order chi connectivity index (χ1) is 12.6. The summed E-state index contributed by atoms with van der Waals surface area (Å²) >= 11 is 11.9. The predicted molar refractivity (Wildman–Crippen MR) is 104 cm³/mol. The number of aliphatic imine (C=N–C) groups is 1. The van der Waals surface area contributed by atoms with Gasteiger partial charge in [-0.3, -0.25) is 0 Å². The highest BCUT2D eigenvalue weighted by Crippen LogP contribution is 2.25. The minimum Gasteiger partial charge on any atom is -0.494 e. The molecule has 0 N–H and O–H groups in total. The van der Waals surface area contributed by atoms with Gasteiger partial charge in [0.15, 0.2) is 5.70 Å². The average molecular weight is 390 g/mol. The van der Waals surface area contributed by atoms with E-state index in [0.717, 1.165) is 24.2 Å². The van der Waals surface area contributed by atoms with Crippen LogP contribution in [0.2, 0.25) is 10.0 Å². The number of benzene rings is 2. The van der Waals surface area contributed by atoms with Crippen LogP contribution in [0.1, 0.15) is 30.9 Å². The number of hydrogen-bond acceptors (Lipinski definition) is 4. The third-order valence-electron chi connectivity index (χ3n) is 3.74. The van der Waals surface area contributed by atoms with Crippen molar-refractivity contribution in [2.75, 3.05) is 6.61 Å². The third-order valence-corrected chi connectivity index (χ3v) is 4.47. The van der Waals surface area contributed by atoms with Crippen LogP contribution in [0.15, 0.2) is 53.2 Å². The lowest BCUT2D eigenvalue weighted by molar-refractivity contribution is -0.129. The summed E-state index contributed by atoms with van der Waals surface area (Å²) in [4.78, 5) is 16.3. The first-order valence-corrected chi connectivity index (χ1v) is 9.03. The topological polar surface area (TPSA) is 47.9 Å². The van der Waals surface area contributed by atoms with E-state index in [1.54, 1.807) is 24.3 Å². The molecule has 2 aromatic rings. The van der Waals surface area contributed by atoms with Gasteiger partial charge in [0.05, 0.1) is 16.7 Å². The Labute approximate surface area is 162 Å². The normalized spacial score (nSPS) is 15.1. The molecule has 0 saturated carbocycles. The van der Waals surface area contributed by atoms with Crippen molar-refractivity contribution in [1.82, 2.24) is 0 Å². The van der Waals surface area contributed by atoms with Crippen molar-refractivity contribution in [3.8, 4) is 5.75 Å². The van der Waals surface area contributed by atoms with Crippen molar-refractivity contribution in [2.45, 2.75) is 19.8 Å². The van der Waals surface area contributed by atoms with Crippen LogP contribution in [0.25, 0.3) is 6.08 Å². The van der Waals surface area contributed by atoms with Crippen molar-refractivity contribution in [2.24, 2.45) is 4.99 Å². The number of nitrogens with zero attached hydrogens (tertiary/aromatic N) is 1. The number of rotatable bonds is 6. The van der Waals surface area contributed by atoms with Gasteiger partial charge in [-0.25, -0.2) is 9.79 Å². The van der Waals surface area contributed by atoms with E-state index in [1.165, 1.54) is 0 Å². The lowest BCUT2D eigenvalue weighted by Gasteiger charge is -2.05. The van der Waals surface area contributed by atoms with Crippen LogP contribution in [0.5, 0.6) is 5.75 Å². The molecule has 2 aromatic carbocycles. The molecule has 1 heterocycles. The molecule has 0 unspecified atom stereocenters. The van der Waals surface area contributed by atoms with Gasteiger partial charge in [-0.15, -0.1) is 0 Å². The Morgan fingerprint density at radius 1 is 1.12 bits per heavy atom. The van der Waals surface area contributed by atoms with E-state index in [2.05, 4.69) is 11.9 Å². The Bertz CT molecular complexity index is 873. The van der Waals surface area contributed by atoms with Gasteiger partial charge in [0.2, 0.25) is 5.90 Å². The van der Waals surface area contributed by atoms with E-state index in [-0.39, 0.29) is 11.6 Å². The highest BCUT2D eigenvalue weighted by atomic mass is 35.5. The second-order valence-electron chi connectivity index (χ2n) is 5.74. The molecule has 134 valence electrons. The van der Waals surface area contributed by atoms with Gasteiger partial charge in [0.25, 0.3) is 0 Å². The number of carbonyl (C=O) groups is 1. The van der Waals surface area contributed by atoms with E-state index in [9.17, 15) is 4.79 Å². The second-order valence-corrected chi connectivity index (χ2v) is 6.55. The summed E-state index contributed by atoms with van der Waals surface area (Å²) in [6.07, 6.45) is 3.70. The third kappa shape index (κ3) is 4.45. The van der Waals surface area contributed by atoms with Crippen LogP contribution in [-0.2, 0) is 9.53 Å². The van der Waals surface area contributed by atoms with Gasteiger partial charge < -0.3 is 9.47 Å². The van der Waals surface area contributed by atoms with Gasteiger partial charge in [0.1, 0.15) is 5.75 Å². The Balaban J connectivity index is 1.77. The molecular weight excluding hydrogens is 373 g/mol. The fourth-order valence-electron chi connectivity index (χ4n) is 2.32. The maximum Gasteiger partial charge on any atom is 0.363 e. The zero-order valence-electron chi connectivity index (χ0n) is 14.2. The first kappa shape index (κ1) is 18.5. The highest BCUT2D eigenvalue weighted by molar-refractivity contribution is 6.42. The fraction of sp³-hybridized carbons (Fsp3) is 0.200. The van der Waals surface area contributed by atoms with Crippen molar-refractivity contribution < 1.29 is 14.3 Å². The molecule has 26 heavy (non-hydrogen) atoms. The van der Waals surface area contributed by atoms with Crippen LogP contribution in [0.4, 0.5) is 0 Å². The van der Waals surface area contributed by atoms with Crippen molar-refractivity contribution in [3.63, 3.8) is 0 Å². The molecule has 0 atom stereocenters. The summed E-state index contributed by atoms with van der Waals surface area (Å²) in [5.74, 6) is 0.537. The summed E-state index contributed by atoms with van der Waals surface area (Å²) < 4.78 is 10.9. The van der Waals surface area contributed by atoms with E-state index >= 15 is 0 Å². The summed E-state index contributed by atoms with van der Waals surface area (Å²) in [7, 11) is 0. The van der Waals surface area contributed by atoms with Crippen LogP contribution < -0.4 is 4.74 Å². The Morgan fingerprint density at radius 2 is 1.88 bits per heavy atom. The molecular formula is C20H17Cl2NO3. The van der Waals surface area contributed by atoms with Gasteiger partial charge >= 0.3 is 5.97 Å². The van der Waals surface area contributed by atoms with Crippen LogP contribution >= 0.6 is 23.2 Å². The zero-order chi connectivity index (χ0) is 18.5. The minimum atomic E-state index is -0.505. The molecule has 0 radical (unpaired) electrons. The molecule has 0 spiro atoms. The molecule has 6 heteroatoms. The maximum absolute atomic E-state index is 12.1. The number of esters is 1. The minimum absolute atomic E-state index is 0.210. The molecule has 0 aromatic heterocycles. The molecule has 1 aliphatic rings. The predicted octanol–water partition coefficient (Wildman–Crippen LogP) is 5.52. The summed E-state index contributed by atoms with van der Waals surface area (Å²) in [5.41, 5.74) is 1.64. The smallest absolute Gasteiger partial charge is 0.363 e. The largest absolute Gasteiger partial charge is 0.494 e. The monoisotopic (exact) mass is 389 g/mol. The lowest BCUT2D eigenvalue weighted by Crippen LogP contribution is -2.05. The number of cyclic esters (lactones) is 1. The fourth-order valence-corrected chi connectivity index (χ4v) is 2.63. The van der Waals surface area contributed by atoms with Crippen LogP contribution in [-0.4, -0.2) is 18.5 Å². The highest BCUT2D eigenvalue weighted by Gasteiger charge is 2.24. The quantitative estimate of drug-likeness (QED) is 0.371. The standard InChI is InChI=1S/C20H17Cl2NO3/c1-2-3-10-25-15-7-5-14(6-8-15)19-23-18(20(24)26-19)12-13-4-9-16(21)17(22)11-13/h4-9,11-12H,2-3,10H2,1H3. The first-order valence-electron chi connectivity index (χ1n) is 8.27. The summed E-state index contributed by atoms with van der Waals surface area (Å²) in [6.45, 7) is 2.80. The van der Waals surface area contributed by atoms with Gasteiger partial charge in [-0.1, -0.05) is 42.6 Å². The zero-order valence-corrected chi connectivity index (χ0v) is 15.7. The average Bonchev–Trinajstić information content (AvgIpc) is 3.00.